The number of anilines is 1. The number of nitrogens with one attached hydrogen (secondary N) is 1. The van der Waals surface area contributed by atoms with Crippen LogP contribution in [-0.2, 0) is 24.7 Å². The zero-order valence-corrected chi connectivity index (χ0v) is 11.5. The Morgan fingerprint density at radius 3 is 3.11 bits per heavy atom. The van der Waals surface area contributed by atoms with Gasteiger partial charge in [0.1, 0.15) is 0 Å². The molecule has 2 aliphatic carbocycles. The topological polar surface area (TPSA) is 59.8 Å². The predicted molar refractivity (Wildman–Crippen MR) is 73.1 cm³/mol. The van der Waals surface area contributed by atoms with Gasteiger partial charge in [0, 0.05) is 29.1 Å². The molecular weight excluding hydrogens is 260 g/mol. The second-order valence-corrected chi connectivity index (χ2v) is 6.27. The summed E-state index contributed by atoms with van der Waals surface area (Å²) < 4.78 is 1.92. The van der Waals surface area contributed by atoms with E-state index in [4.69, 9.17) is 0 Å². The van der Waals surface area contributed by atoms with Crippen LogP contribution in [0, 0.1) is 5.92 Å². The average molecular weight is 274 g/mol. The first kappa shape index (κ1) is 11.2. The van der Waals surface area contributed by atoms with E-state index in [2.05, 4.69) is 15.4 Å². The standard InChI is InChI=1S/C13H14N4OS/c1-17-9-4-5-10-11(8(9)6-14-17)15-13(19-10)16-12(18)7-2-3-7/h6-7H,2-5H2,1H3,(H,15,16,18). The lowest BCUT2D eigenvalue weighted by Gasteiger charge is -2.10. The van der Waals surface area contributed by atoms with Crippen molar-refractivity contribution in [2.24, 2.45) is 13.0 Å². The summed E-state index contributed by atoms with van der Waals surface area (Å²) in [4.78, 5) is 17.6. The first-order chi connectivity index (χ1) is 9.22. The Labute approximate surface area is 114 Å². The zero-order valence-electron chi connectivity index (χ0n) is 10.6. The molecule has 6 heteroatoms. The van der Waals surface area contributed by atoms with E-state index in [1.807, 2.05) is 17.9 Å². The average Bonchev–Trinajstić information content (AvgIpc) is 3.07. The molecule has 4 rings (SSSR count). The summed E-state index contributed by atoms with van der Waals surface area (Å²) in [6, 6.07) is 0. The van der Waals surface area contributed by atoms with Gasteiger partial charge in [-0.05, 0) is 25.7 Å². The van der Waals surface area contributed by atoms with Crippen LogP contribution in [0.5, 0.6) is 0 Å². The molecule has 0 unspecified atom stereocenters. The third-order valence-electron chi connectivity index (χ3n) is 3.78. The minimum absolute atomic E-state index is 0.123. The van der Waals surface area contributed by atoms with Crippen LogP contribution in [0.3, 0.4) is 0 Å². The minimum Gasteiger partial charge on any atom is -0.302 e. The van der Waals surface area contributed by atoms with Gasteiger partial charge in [-0.3, -0.25) is 9.48 Å². The van der Waals surface area contributed by atoms with Crippen molar-refractivity contribution in [3.05, 3.63) is 16.8 Å². The van der Waals surface area contributed by atoms with Crippen LogP contribution in [0.1, 0.15) is 23.4 Å². The van der Waals surface area contributed by atoms with Gasteiger partial charge in [0.15, 0.2) is 5.13 Å². The van der Waals surface area contributed by atoms with E-state index >= 15 is 0 Å². The van der Waals surface area contributed by atoms with Crippen molar-refractivity contribution in [1.29, 1.82) is 0 Å². The smallest absolute Gasteiger partial charge is 0.229 e. The molecule has 0 atom stereocenters. The van der Waals surface area contributed by atoms with E-state index in [9.17, 15) is 4.79 Å². The van der Waals surface area contributed by atoms with Crippen molar-refractivity contribution in [3.63, 3.8) is 0 Å². The second-order valence-electron chi connectivity index (χ2n) is 5.18. The number of carbonyl (C=O) groups excluding carboxylic acids is 1. The normalized spacial score (nSPS) is 16.9. The summed E-state index contributed by atoms with van der Waals surface area (Å²) in [6.45, 7) is 0. The minimum atomic E-state index is 0.123. The summed E-state index contributed by atoms with van der Waals surface area (Å²) in [7, 11) is 1.96. The molecule has 2 heterocycles. The van der Waals surface area contributed by atoms with Crippen LogP contribution < -0.4 is 5.32 Å². The summed E-state index contributed by atoms with van der Waals surface area (Å²) in [6.07, 6.45) is 5.89. The number of aromatic nitrogens is 3. The van der Waals surface area contributed by atoms with E-state index in [-0.39, 0.29) is 11.8 Å². The van der Waals surface area contributed by atoms with Gasteiger partial charge in [-0.15, -0.1) is 11.3 Å². The Morgan fingerprint density at radius 2 is 2.32 bits per heavy atom. The fourth-order valence-electron chi connectivity index (χ4n) is 2.53. The molecule has 0 bridgehead atoms. The maximum absolute atomic E-state index is 11.8. The molecule has 1 fully saturated rings. The quantitative estimate of drug-likeness (QED) is 0.911. The Kier molecular flexibility index (Phi) is 2.29. The molecule has 1 N–H and O–H groups in total. The van der Waals surface area contributed by atoms with Crippen molar-refractivity contribution in [1.82, 2.24) is 14.8 Å². The number of carbonyl (C=O) groups is 1. The number of amides is 1. The van der Waals surface area contributed by atoms with Crippen molar-refractivity contribution in [2.45, 2.75) is 25.7 Å². The molecule has 5 nitrogen and oxygen atoms in total. The van der Waals surface area contributed by atoms with Crippen molar-refractivity contribution < 1.29 is 4.79 Å². The molecule has 0 radical (unpaired) electrons. The van der Waals surface area contributed by atoms with E-state index in [1.165, 1.54) is 10.6 Å². The number of aryl methyl sites for hydroxylation is 2. The Hall–Kier alpha value is -1.69. The molecule has 98 valence electrons. The largest absolute Gasteiger partial charge is 0.302 e. The number of fused-ring (bicyclic) bond motifs is 3. The molecule has 0 spiro atoms. The number of hydrogen-bond donors (Lipinski definition) is 1. The highest BCUT2D eigenvalue weighted by Gasteiger charge is 2.31. The monoisotopic (exact) mass is 274 g/mol. The number of hydrogen-bond acceptors (Lipinski definition) is 4. The summed E-state index contributed by atoms with van der Waals surface area (Å²) in [5, 5.41) is 7.97. The van der Waals surface area contributed by atoms with Crippen molar-refractivity contribution in [3.8, 4) is 11.3 Å². The molecule has 2 aliphatic rings. The highest BCUT2D eigenvalue weighted by molar-refractivity contribution is 7.16. The first-order valence-corrected chi connectivity index (χ1v) is 7.36. The van der Waals surface area contributed by atoms with Crippen molar-refractivity contribution >= 4 is 22.4 Å². The number of rotatable bonds is 2. The molecule has 0 saturated heterocycles. The maximum Gasteiger partial charge on any atom is 0.229 e. The van der Waals surface area contributed by atoms with Gasteiger partial charge in [-0.2, -0.15) is 5.10 Å². The van der Waals surface area contributed by atoms with Crippen LogP contribution >= 0.6 is 11.3 Å². The molecule has 0 aromatic carbocycles. The maximum atomic E-state index is 11.8. The van der Waals surface area contributed by atoms with E-state index in [0.717, 1.165) is 42.1 Å². The second kappa shape index (κ2) is 3.90. The van der Waals surface area contributed by atoms with Gasteiger partial charge in [0.05, 0.1) is 11.9 Å². The third-order valence-corrected chi connectivity index (χ3v) is 4.81. The SMILES string of the molecule is Cn1ncc2c1CCc1sc(NC(=O)C3CC3)nc1-2. The van der Waals surface area contributed by atoms with Gasteiger partial charge in [0.25, 0.3) is 0 Å². The number of nitrogens with zero attached hydrogens (tertiary/aromatic N) is 3. The Balaban J connectivity index is 1.68. The first-order valence-electron chi connectivity index (χ1n) is 6.54. The van der Waals surface area contributed by atoms with Crippen LogP contribution in [0.2, 0.25) is 0 Å². The molecule has 0 aliphatic heterocycles. The molecule has 1 amide bonds. The van der Waals surface area contributed by atoms with E-state index in [0.29, 0.717) is 0 Å². The lowest BCUT2D eigenvalue weighted by Crippen LogP contribution is -2.12. The number of thiazole rings is 1. The molecule has 19 heavy (non-hydrogen) atoms. The Morgan fingerprint density at radius 1 is 1.47 bits per heavy atom. The molecule has 1 saturated carbocycles. The molecule has 2 aromatic rings. The molecule has 2 aromatic heterocycles. The van der Waals surface area contributed by atoms with Crippen LogP contribution in [0.25, 0.3) is 11.3 Å². The van der Waals surface area contributed by atoms with Gasteiger partial charge < -0.3 is 5.32 Å². The summed E-state index contributed by atoms with van der Waals surface area (Å²) in [5.41, 5.74) is 3.36. The fourth-order valence-corrected chi connectivity index (χ4v) is 3.51. The highest BCUT2D eigenvalue weighted by Crippen LogP contribution is 2.38. The van der Waals surface area contributed by atoms with Crippen LogP contribution in [0.15, 0.2) is 6.20 Å². The van der Waals surface area contributed by atoms with Gasteiger partial charge in [0.2, 0.25) is 5.91 Å². The van der Waals surface area contributed by atoms with Crippen LogP contribution in [0.4, 0.5) is 5.13 Å². The summed E-state index contributed by atoms with van der Waals surface area (Å²) >= 11 is 1.60. The van der Waals surface area contributed by atoms with Gasteiger partial charge >= 0.3 is 0 Å². The Bertz CT molecular complexity index is 668. The lowest BCUT2D eigenvalue weighted by molar-refractivity contribution is -0.117. The lowest BCUT2D eigenvalue weighted by atomic mass is 10.0. The zero-order chi connectivity index (χ0) is 13.0. The van der Waals surface area contributed by atoms with Crippen molar-refractivity contribution in [2.75, 3.05) is 5.32 Å². The van der Waals surface area contributed by atoms with E-state index < -0.39 is 0 Å². The van der Waals surface area contributed by atoms with E-state index in [1.54, 1.807) is 11.3 Å². The van der Waals surface area contributed by atoms with Gasteiger partial charge in [-0.1, -0.05) is 0 Å². The highest BCUT2D eigenvalue weighted by atomic mass is 32.1. The van der Waals surface area contributed by atoms with Gasteiger partial charge in [-0.25, -0.2) is 4.98 Å². The fraction of sp³-hybridized carbons (Fsp3) is 0.462. The third kappa shape index (κ3) is 1.78. The van der Waals surface area contributed by atoms with Crippen LogP contribution in [-0.4, -0.2) is 20.7 Å². The summed E-state index contributed by atoms with van der Waals surface area (Å²) in [5.74, 6) is 0.340. The predicted octanol–water partition coefficient (Wildman–Crippen LogP) is 1.99. The molecular formula is C13H14N4OS.